The van der Waals surface area contributed by atoms with Gasteiger partial charge in [0.05, 0.1) is 12.1 Å². The quantitative estimate of drug-likeness (QED) is 0.640. The number of rotatable bonds is 6. The van der Waals surface area contributed by atoms with Crippen molar-refractivity contribution in [2.75, 3.05) is 11.4 Å². The average molecular weight is 444 g/mol. The smallest absolute Gasteiger partial charge is 0.264 e. The van der Waals surface area contributed by atoms with Gasteiger partial charge in [-0.15, -0.1) is 0 Å². The van der Waals surface area contributed by atoms with E-state index in [2.05, 4.69) is 22.9 Å². The molecule has 2 aromatic rings. The summed E-state index contributed by atoms with van der Waals surface area (Å²) in [4.78, 5) is 28.0. The van der Waals surface area contributed by atoms with Crippen LogP contribution in [0.5, 0.6) is 0 Å². The lowest BCUT2D eigenvalue weighted by molar-refractivity contribution is -0.135. The molecular weight excluding hydrogens is 418 g/mol. The molecule has 1 atom stereocenters. The first-order valence-electron chi connectivity index (χ1n) is 9.64. The van der Waals surface area contributed by atoms with Crippen LogP contribution in [-0.4, -0.2) is 23.3 Å². The van der Waals surface area contributed by atoms with Gasteiger partial charge in [-0.25, -0.2) is 0 Å². The summed E-state index contributed by atoms with van der Waals surface area (Å²) >= 11 is 3.43. The molecule has 5 heteroatoms. The number of halogens is 1. The van der Waals surface area contributed by atoms with E-state index in [0.717, 1.165) is 34.0 Å². The number of aliphatic hydroxyl groups is 1. The number of amides is 1. The molecule has 3 rings (SSSR count). The van der Waals surface area contributed by atoms with Gasteiger partial charge in [-0.1, -0.05) is 47.0 Å². The van der Waals surface area contributed by atoms with Crippen LogP contribution >= 0.6 is 15.9 Å². The van der Waals surface area contributed by atoms with Crippen molar-refractivity contribution in [2.45, 2.75) is 52.6 Å². The summed E-state index contributed by atoms with van der Waals surface area (Å²) in [6, 6.07) is 9.35. The number of ketones is 1. The van der Waals surface area contributed by atoms with E-state index in [-0.39, 0.29) is 12.2 Å². The van der Waals surface area contributed by atoms with Gasteiger partial charge in [0.2, 0.25) is 0 Å². The standard InChI is InChI=1S/C23H26BrNO3/c1-5-6-9-25-19-8-7-17(24)12-18(19)23(28,22(25)27)13-20(26)21-15(3)10-14(2)11-16(21)4/h7-8,10-12,28H,5-6,9,13H2,1-4H3/t23-/m0/s1. The summed E-state index contributed by atoms with van der Waals surface area (Å²) in [5.74, 6) is -0.626. The van der Waals surface area contributed by atoms with Crippen molar-refractivity contribution in [2.24, 2.45) is 0 Å². The molecule has 4 nitrogen and oxygen atoms in total. The molecule has 0 bridgehead atoms. The Bertz CT molecular complexity index is 930. The van der Waals surface area contributed by atoms with Crippen molar-refractivity contribution in [1.82, 2.24) is 0 Å². The van der Waals surface area contributed by atoms with Crippen molar-refractivity contribution in [3.05, 3.63) is 62.6 Å². The SMILES string of the molecule is CCCCN1C(=O)[C@](O)(CC(=O)c2c(C)cc(C)cc2C)c2cc(Br)ccc21. The maximum atomic E-state index is 13.2. The van der Waals surface area contributed by atoms with Gasteiger partial charge >= 0.3 is 0 Å². The van der Waals surface area contributed by atoms with Gasteiger partial charge in [0, 0.05) is 22.1 Å². The molecule has 0 saturated heterocycles. The lowest BCUT2D eigenvalue weighted by atomic mass is 9.85. The van der Waals surface area contributed by atoms with Crippen LogP contribution in [0.25, 0.3) is 0 Å². The third kappa shape index (κ3) is 3.53. The number of fused-ring (bicyclic) bond motifs is 1. The van der Waals surface area contributed by atoms with E-state index in [9.17, 15) is 14.7 Å². The van der Waals surface area contributed by atoms with E-state index in [1.807, 2.05) is 45.0 Å². The zero-order chi connectivity index (χ0) is 20.6. The van der Waals surface area contributed by atoms with E-state index in [1.54, 1.807) is 11.0 Å². The number of carbonyl (C=O) groups excluding carboxylic acids is 2. The summed E-state index contributed by atoms with van der Waals surface area (Å²) in [7, 11) is 0. The lowest BCUT2D eigenvalue weighted by Gasteiger charge is -2.23. The van der Waals surface area contributed by atoms with Crippen molar-refractivity contribution < 1.29 is 14.7 Å². The predicted molar refractivity (Wildman–Crippen MR) is 115 cm³/mol. The van der Waals surface area contributed by atoms with Gasteiger partial charge in [-0.3, -0.25) is 9.59 Å². The number of aryl methyl sites for hydroxylation is 3. The van der Waals surface area contributed by atoms with E-state index < -0.39 is 11.5 Å². The van der Waals surface area contributed by atoms with Crippen LogP contribution in [0.15, 0.2) is 34.8 Å². The number of Topliss-reactive ketones (excluding diaryl/α,β-unsaturated/α-hetero) is 1. The lowest BCUT2D eigenvalue weighted by Crippen LogP contribution is -2.42. The Labute approximate surface area is 174 Å². The Kier molecular flexibility index (Phi) is 5.78. The molecule has 0 radical (unpaired) electrons. The largest absolute Gasteiger partial charge is 0.375 e. The van der Waals surface area contributed by atoms with Gasteiger partial charge in [-0.05, 0) is 56.5 Å². The fraction of sp³-hybridized carbons (Fsp3) is 0.391. The molecule has 1 amide bonds. The highest BCUT2D eigenvalue weighted by Gasteiger charge is 2.51. The van der Waals surface area contributed by atoms with Gasteiger partial charge in [0.25, 0.3) is 5.91 Å². The number of hydrogen-bond donors (Lipinski definition) is 1. The van der Waals surface area contributed by atoms with Gasteiger partial charge in [-0.2, -0.15) is 0 Å². The summed E-state index contributed by atoms with van der Waals surface area (Å²) in [5.41, 5.74) is 2.77. The predicted octanol–water partition coefficient (Wildman–Crippen LogP) is 4.98. The van der Waals surface area contributed by atoms with Crippen molar-refractivity contribution >= 4 is 33.3 Å². The Morgan fingerprint density at radius 1 is 1.14 bits per heavy atom. The van der Waals surface area contributed by atoms with Gasteiger partial charge in [0.15, 0.2) is 11.4 Å². The molecule has 1 aliphatic heterocycles. The average Bonchev–Trinajstić information content (AvgIpc) is 2.80. The molecule has 1 heterocycles. The van der Waals surface area contributed by atoms with E-state index in [0.29, 0.717) is 23.4 Å². The highest BCUT2D eigenvalue weighted by atomic mass is 79.9. The highest BCUT2D eigenvalue weighted by Crippen LogP contribution is 2.44. The molecule has 28 heavy (non-hydrogen) atoms. The van der Waals surface area contributed by atoms with Gasteiger partial charge < -0.3 is 10.0 Å². The van der Waals surface area contributed by atoms with Gasteiger partial charge in [0.1, 0.15) is 0 Å². The van der Waals surface area contributed by atoms with Crippen LogP contribution in [0.1, 0.15) is 58.8 Å². The van der Waals surface area contributed by atoms with Crippen LogP contribution in [0, 0.1) is 20.8 Å². The first-order valence-corrected chi connectivity index (χ1v) is 10.4. The van der Waals surface area contributed by atoms with Crippen LogP contribution in [0.4, 0.5) is 5.69 Å². The summed E-state index contributed by atoms with van der Waals surface area (Å²) < 4.78 is 0.768. The molecular formula is C23H26BrNO3. The van der Waals surface area contributed by atoms with Crippen molar-refractivity contribution in [3.63, 3.8) is 0 Å². The van der Waals surface area contributed by atoms with Crippen molar-refractivity contribution in [1.29, 1.82) is 0 Å². The van der Waals surface area contributed by atoms with E-state index >= 15 is 0 Å². The normalized spacial score (nSPS) is 18.5. The maximum absolute atomic E-state index is 13.2. The van der Waals surface area contributed by atoms with Crippen LogP contribution in [-0.2, 0) is 10.4 Å². The summed E-state index contributed by atoms with van der Waals surface area (Å²) in [5, 5.41) is 11.4. The minimum atomic E-state index is -1.84. The third-order valence-corrected chi connectivity index (χ3v) is 5.89. The number of nitrogens with zero attached hydrogens (tertiary/aromatic N) is 1. The molecule has 0 saturated carbocycles. The Morgan fingerprint density at radius 3 is 2.39 bits per heavy atom. The number of unbranched alkanes of at least 4 members (excludes halogenated alkanes) is 1. The number of benzene rings is 2. The second kappa shape index (κ2) is 7.80. The molecule has 2 aromatic carbocycles. The Hall–Kier alpha value is -1.98. The molecule has 148 valence electrons. The first-order chi connectivity index (χ1) is 13.2. The van der Waals surface area contributed by atoms with Crippen molar-refractivity contribution in [3.8, 4) is 0 Å². The molecule has 0 unspecified atom stereocenters. The number of anilines is 1. The van der Waals surface area contributed by atoms with Crippen LogP contribution in [0.2, 0.25) is 0 Å². The third-order valence-electron chi connectivity index (χ3n) is 5.40. The Balaban J connectivity index is 2.02. The number of carbonyl (C=O) groups is 2. The highest BCUT2D eigenvalue weighted by molar-refractivity contribution is 9.10. The van der Waals surface area contributed by atoms with E-state index in [1.165, 1.54) is 0 Å². The van der Waals surface area contributed by atoms with Crippen LogP contribution < -0.4 is 4.90 Å². The maximum Gasteiger partial charge on any atom is 0.264 e. The second-order valence-electron chi connectivity index (χ2n) is 7.71. The number of hydrogen-bond acceptors (Lipinski definition) is 3. The minimum absolute atomic E-state index is 0.214. The molecule has 1 N–H and O–H groups in total. The second-order valence-corrected chi connectivity index (χ2v) is 8.62. The molecule has 1 aliphatic rings. The topological polar surface area (TPSA) is 57.6 Å². The fourth-order valence-corrected chi connectivity index (χ4v) is 4.53. The summed E-state index contributed by atoms with van der Waals surface area (Å²) in [6.07, 6.45) is 1.51. The van der Waals surface area contributed by atoms with E-state index in [4.69, 9.17) is 0 Å². The monoisotopic (exact) mass is 443 g/mol. The Morgan fingerprint density at radius 2 is 1.79 bits per heavy atom. The molecule has 0 fully saturated rings. The van der Waals surface area contributed by atoms with Crippen LogP contribution in [0.3, 0.4) is 0 Å². The molecule has 0 spiro atoms. The molecule has 0 aliphatic carbocycles. The summed E-state index contributed by atoms with van der Waals surface area (Å²) in [6.45, 7) is 8.37. The molecule has 0 aromatic heterocycles. The minimum Gasteiger partial charge on any atom is -0.375 e. The fourth-order valence-electron chi connectivity index (χ4n) is 4.17. The zero-order valence-corrected chi connectivity index (χ0v) is 18.4. The first kappa shape index (κ1) is 20.7. The zero-order valence-electron chi connectivity index (χ0n) is 16.8.